The molecule has 0 aromatic carbocycles. The first-order valence-electron chi connectivity index (χ1n) is 17.6. The van der Waals surface area contributed by atoms with Crippen LogP contribution in [0.15, 0.2) is 25.3 Å². The molecule has 0 saturated carbocycles. The third-order valence-electron chi connectivity index (χ3n) is 9.08. The number of esters is 1. The van der Waals surface area contributed by atoms with Crippen LogP contribution >= 0.6 is 25.8 Å². The summed E-state index contributed by atoms with van der Waals surface area (Å²) in [6, 6.07) is 0. The maximum atomic E-state index is 13.9. The Balaban J connectivity index is 1.16. The number of thiol groups is 1. The number of nitrogens with zero attached hydrogens (tertiary/aromatic N) is 9. The summed E-state index contributed by atoms with van der Waals surface area (Å²) in [5, 5.41) is 11.4. The Kier molecular flexibility index (Phi) is 12.0. The largest absolute Gasteiger partial charge is 0.455 e. The molecular weight excluding hydrogens is 848 g/mol. The highest BCUT2D eigenvalue weighted by Gasteiger charge is 2.54. The molecule has 3 saturated heterocycles. The van der Waals surface area contributed by atoms with Gasteiger partial charge in [-0.2, -0.15) is 0 Å². The highest BCUT2D eigenvalue weighted by molar-refractivity contribution is 8.44. The fraction of sp³-hybridized carbons (Fsp3) is 0.600. The number of hydrogen-bond donors (Lipinski definition) is 5. The van der Waals surface area contributed by atoms with Crippen LogP contribution < -0.4 is 11.5 Å². The van der Waals surface area contributed by atoms with E-state index in [-0.39, 0.29) is 53.3 Å². The molecule has 0 spiro atoms. The molecule has 7 heterocycles. The molecule has 24 nitrogen and oxygen atoms in total. The molecule has 7 rings (SSSR count). The van der Waals surface area contributed by atoms with Crippen molar-refractivity contribution in [3.8, 4) is 0 Å². The Morgan fingerprint density at radius 2 is 1.53 bits per heavy atom. The second-order valence-corrected chi connectivity index (χ2v) is 20.1. The predicted octanol–water partition coefficient (Wildman–Crippen LogP) is 1.62. The maximum absolute atomic E-state index is 13.9. The van der Waals surface area contributed by atoms with Crippen LogP contribution in [0.1, 0.15) is 46.1 Å². The number of aromatic nitrogens is 8. The maximum Gasteiger partial charge on any atom is 0.410 e. The summed E-state index contributed by atoms with van der Waals surface area (Å²) in [6.07, 6.45) is -6.55. The third kappa shape index (κ3) is 9.07. The van der Waals surface area contributed by atoms with Gasteiger partial charge in [0.15, 0.2) is 41.5 Å². The number of hydrogen-bond acceptors (Lipinski definition) is 21. The van der Waals surface area contributed by atoms with E-state index in [4.69, 9.17) is 60.3 Å². The summed E-state index contributed by atoms with van der Waals surface area (Å²) in [5.74, 6) is -0.630. The van der Waals surface area contributed by atoms with Gasteiger partial charge >= 0.3 is 25.6 Å². The number of nitrogens with two attached hydrogens (primary N) is 2. The molecule has 10 atom stereocenters. The summed E-state index contributed by atoms with van der Waals surface area (Å²) < 4.78 is 63.8. The topological polar surface area (TPSA) is 308 Å². The van der Waals surface area contributed by atoms with E-state index in [0.717, 1.165) is 0 Å². The lowest BCUT2D eigenvalue weighted by Gasteiger charge is -2.29. The molecule has 28 heteroatoms. The average molecular weight is 890 g/mol. The van der Waals surface area contributed by atoms with Crippen LogP contribution in [0.25, 0.3) is 22.3 Å². The second-order valence-electron chi connectivity index (χ2n) is 14.4. The monoisotopic (exact) mass is 889 g/mol. The number of rotatable bonds is 7. The number of aliphatic hydroxyl groups is 1. The summed E-state index contributed by atoms with van der Waals surface area (Å²) in [7, 11) is 1.53. The molecule has 4 aromatic heterocycles. The lowest BCUT2D eigenvalue weighted by molar-refractivity contribution is -0.158. The molecule has 316 valence electrons. The smallest absolute Gasteiger partial charge is 0.410 e. The Hall–Kier alpha value is -3.65. The van der Waals surface area contributed by atoms with E-state index < -0.39 is 93.5 Å². The van der Waals surface area contributed by atoms with Crippen LogP contribution in [0.5, 0.6) is 0 Å². The zero-order chi connectivity index (χ0) is 41.7. The van der Waals surface area contributed by atoms with Crippen molar-refractivity contribution in [2.45, 2.75) is 88.3 Å². The highest BCUT2D eigenvalue weighted by atomic mass is 32.7. The van der Waals surface area contributed by atoms with Gasteiger partial charge in [-0.3, -0.25) is 27.5 Å². The minimum absolute atomic E-state index is 0.0518. The van der Waals surface area contributed by atoms with Crippen LogP contribution in [0.3, 0.4) is 0 Å². The molecule has 2 unspecified atom stereocenters. The standard InChI is InChI=1S/C30H41N11O13P2S2/c1-30(2,3)52-29(44)39(4)7-5-6-16(42)51-22-20-15(50-28(22)41-13-38-18-24(32)34-11-36-26(18)41)9-48-56(46,58)54-21-19(43)14(8-47-55(45,57)53-20)49-27(21)40-12-37-17-23(31)33-10-35-25(17)40/h10-15,19-22,27-28,43H,5-9H2,1-4H3,(H,45,57)(H,46,58)(H2,31,33,35)(H2,32,34,36)/t14-,15-,19-,20-,21-,22-,27-,28-,55?,56?/m1/s1. The van der Waals surface area contributed by atoms with Crippen molar-refractivity contribution < 1.29 is 61.2 Å². The number of amides is 1. The SMILES string of the molecule is CN(CCCC(=O)O[C@@H]1[C@@H]2OP(O)(=S)OC[C@H]3O[C@@H](n4cnc5c(N)ncnc54)[C@H](OP(=O)(S)OC[C@H]2O[C@H]1n1cnc2c(N)ncnc21)[C@@H]3O)C(=O)OC(C)(C)C. The Labute approximate surface area is 339 Å². The van der Waals surface area contributed by atoms with Crippen molar-refractivity contribution in [2.75, 3.05) is 38.3 Å². The van der Waals surface area contributed by atoms with Gasteiger partial charge in [-0.1, -0.05) is 12.2 Å². The first-order chi connectivity index (χ1) is 27.3. The number of imidazole rings is 2. The van der Waals surface area contributed by atoms with Gasteiger partial charge in [-0.05, 0) is 39.0 Å². The summed E-state index contributed by atoms with van der Waals surface area (Å²) in [5.41, 5.74) is 12.1. The molecule has 3 aliphatic heterocycles. The molecule has 58 heavy (non-hydrogen) atoms. The summed E-state index contributed by atoms with van der Waals surface area (Å²) >= 11 is 9.62. The van der Waals surface area contributed by atoms with Crippen LogP contribution in [0, 0.1) is 0 Å². The minimum atomic E-state index is -4.44. The summed E-state index contributed by atoms with van der Waals surface area (Å²) in [6.45, 7) is -4.62. The van der Waals surface area contributed by atoms with E-state index in [1.165, 1.54) is 46.4 Å². The Morgan fingerprint density at radius 3 is 2.16 bits per heavy atom. The fourth-order valence-corrected chi connectivity index (χ4v) is 9.33. The zero-order valence-corrected chi connectivity index (χ0v) is 34.8. The van der Waals surface area contributed by atoms with Gasteiger partial charge in [-0.25, -0.2) is 39.3 Å². The number of ether oxygens (including phenoxy) is 4. The highest BCUT2D eigenvalue weighted by Crippen LogP contribution is 2.58. The van der Waals surface area contributed by atoms with E-state index in [9.17, 15) is 24.2 Å². The number of nitrogen functional groups attached to an aromatic ring is 2. The van der Waals surface area contributed by atoms with E-state index in [2.05, 4.69) is 42.2 Å². The molecule has 4 aromatic rings. The van der Waals surface area contributed by atoms with Gasteiger partial charge in [0.1, 0.15) is 59.8 Å². The first kappa shape index (κ1) is 42.5. The first-order valence-corrected chi connectivity index (χ1v) is 22.9. The Bertz CT molecular complexity index is 2280. The lowest BCUT2D eigenvalue weighted by atomic mass is 10.1. The van der Waals surface area contributed by atoms with E-state index in [1.807, 2.05) is 0 Å². The number of aliphatic hydroxyl groups excluding tert-OH is 1. The second kappa shape index (κ2) is 16.4. The van der Waals surface area contributed by atoms with Crippen LogP contribution in [0.4, 0.5) is 16.4 Å². The van der Waals surface area contributed by atoms with Gasteiger partial charge in [0.25, 0.3) is 0 Å². The van der Waals surface area contributed by atoms with E-state index >= 15 is 0 Å². The number of carbonyl (C=O) groups is 2. The van der Waals surface area contributed by atoms with Crippen LogP contribution in [-0.2, 0) is 58.2 Å². The van der Waals surface area contributed by atoms with E-state index in [1.54, 1.807) is 20.8 Å². The fourth-order valence-electron chi connectivity index (χ4n) is 6.43. The molecule has 1 amide bonds. The summed E-state index contributed by atoms with van der Waals surface area (Å²) in [4.78, 5) is 63.6. The molecule has 0 radical (unpaired) electrons. The predicted molar refractivity (Wildman–Crippen MR) is 206 cm³/mol. The molecule has 6 N–H and O–H groups in total. The van der Waals surface area contributed by atoms with Gasteiger partial charge < -0.3 is 49.8 Å². The van der Waals surface area contributed by atoms with Crippen molar-refractivity contribution in [3.63, 3.8) is 0 Å². The molecule has 0 aliphatic carbocycles. The zero-order valence-electron chi connectivity index (χ0n) is 31.3. The minimum Gasteiger partial charge on any atom is -0.455 e. The molecule has 2 bridgehead atoms. The number of anilines is 2. The van der Waals surface area contributed by atoms with Gasteiger partial charge in [0, 0.05) is 20.0 Å². The molecular formula is C30H41N11O13P2S2. The normalized spacial score (nSPS) is 31.9. The van der Waals surface area contributed by atoms with Crippen molar-refractivity contribution in [1.29, 1.82) is 0 Å². The van der Waals surface area contributed by atoms with Crippen molar-refractivity contribution in [2.24, 2.45) is 0 Å². The number of carbonyl (C=O) groups excluding carboxylic acids is 2. The van der Waals surface area contributed by atoms with Crippen LogP contribution in [0.2, 0.25) is 0 Å². The van der Waals surface area contributed by atoms with Gasteiger partial charge in [0.2, 0.25) is 0 Å². The van der Waals surface area contributed by atoms with Crippen molar-refractivity contribution in [3.05, 3.63) is 25.3 Å². The Morgan fingerprint density at radius 1 is 0.948 bits per heavy atom. The van der Waals surface area contributed by atoms with E-state index in [0.29, 0.717) is 0 Å². The van der Waals surface area contributed by atoms with Gasteiger partial charge in [-0.15, -0.1) is 0 Å². The lowest BCUT2D eigenvalue weighted by Crippen LogP contribution is -2.39. The van der Waals surface area contributed by atoms with Crippen molar-refractivity contribution in [1.82, 2.24) is 43.9 Å². The average Bonchev–Trinajstić information content (AvgIpc) is 3.91. The van der Waals surface area contributed by atoms with Crippen molar-refractivity contribution >= 4 is 83.6 Å². The third-order valence-corrected chi connectivity index (χ3v) is 12.3. The molecule has 3 aliphatic rings. The van der Waals surface area contributed by atoms with Gasteiger partial charge in [0.05, 0.1) is 25.9 Å². The molecule has 3 fully saturated rings. The quantitative estimate of drug-likeness (QED) is 0.1000. The number of fused-ring (bicyclic) bond motifs is 5. The van der Waals surface area contributed by atoms with Crippen LogP contribution in [-0.4, -0.2) is 135 Å².